The molecule has 230 valence electrons. The van der Waals surface area contributed by atoms with E-state index in [0.29, 0.717) is 25.7 Å². The fraction of sp³-hybridized carbons (Fsp3) is 0.931. The minimum atomic E-state index is -2.19. The molecule has 1 aliphatic rings. The molecule has 0 unspecified atom stereocenters. The van der Waals surface area contributed by atoms with Crippen molar-refractivity contribution in [2.45, 2.75) is 160 Å². The highest BCUT2D eigenvalue weighted by Gasteiger charge is 2.46. The minimum absolute atomic E-state index is 0.00342. The van der Waals surface area contributed by atoms with Crippen LogP contribution in [0.1, 0.15) is 93.9 Å². The average molecular weight is 591 g/mol. The van der Waals surface area contributed by atoms with Crippen LogP contribution in [0.15, 0.2) is 0 Å². The number of hydrogen-bond acceptors (Lipinski definition) is 8. The molecular weight excluding hydrogens is 532 g/mol. The van der Waals surface area contributed by atoms with Crippen molar-refractivity contribution in [3.63, 3.8) is 0 Å². The predicted molar refractivity (Wildman–Crippen MR) is 160 cm³/mol. The van der Waals surface area contributed by atoms with Crippen LogP contribution < -0.4 is 0 Å². The summed E-state index contributed by atoms with van der Waals surface area (Å²) in [5.74, 6) is -1.24. The maximum absolute atomic E-state index is 12.2. The Hall–Kier alpha value is -0.786. The van der Waals surface area contributed by atoms with Gasteiger partial charge < -0.3 is 27.8 Å². The van der Waals surface area contributed by atoms with Crippen LogP contribution >= 0.6 is 0 Å². The molecule has 1 fully saturated rings. The Balaban J connectivity index is 3.32. The largest absolute Gasteiger partial charge is 0.469 e. The van der Waals surface area contributed by atoms with Gasteiger partial charge in [0.25, 0.3) is 0 Å². The molecule has 0 aromatic heterocycles. The summed E-state index contributed by atoms with van der Waals surface area (Å²) in [7, 11) is -1.55. The minimum Gasteiger partial charge on any atom is -0.469 e. The van der Waals surface area contributed by atoms with Gasteiger partial charge in [-0.05, 0) is 75.8 Å². The van der Waals surface area contributed by atoms with Crippen LogP contribution in [0, 0.1) is 0 Å². The lowest BCUT2D eigenvalue weighted by atomic mass is 9.98. The van der Waals surface area contributed by atoms with Crippen LogP contribution in [-0.4, -0.2) is 73.0 Å². The molecule has 0 saturated carbocycles. The van der Waals surface area contributed by atoms with E-state index < -0.39 is 22.4 Å². The first kappa shape index (κ1) is 36.2. The van der Waals surface area contributed by atoms with Gasteiger partial charge >= 0.3 is 11.9 Å². The molecule has 0 aromatic carbocycles. The molecule has 0 bridgehead atoms. The van der Waals surface area contributed by atoms with Crippen LogP contribution in [0.4, 0.5) is 0 Å². The highest BCUT2D eigenvalue weighted by molar-refractivity contribution is 6.74. The highest BCUT2D eigenvalue weighted by atomic mass is 28.4. The summed E-state index contributed by atoms with van der Waals surface area (Å²) in [4.78, 5) is 24.0. The van der Waals surface area contributed by atoms with E-state index in [4.69, 9.17) is 27.8 Å². The molecule has 1 aliphatic heterocycles. The lowest BCUT2D eigenvalue weighted by molar-refractivity contribution is -0.150. The van der Waals surface area contributed by atoms with Gasteiger partial charge in [-0.25, -0.2) is 0 Å². The Morgan fingerprint density at radius 1 is 0.718 bits per heavy atom. The summed E-state index contributed by atoms with van der Waals surface area (Å²) in [5, 5.41) is 0.0105. The van der Waals surface area contributed by atoms with Crippen molar-refractivity contribution in [2.24, 2.45) is 0 Å². The highest BCUT2D eigenvalue weighted by Crippen LogP contribution is 2.42. The molecule has 10 heteroatoms. The molecule has 0 aliphatic carbocycles. The number of carbonyl (C=O) groups is 2. The third kappa shape index (κ3) is 11.2. The summed E-state index contributed by atoms with van der Waals surface area (Å²) in [6, 6.07) is 0. The number of ether oxygens (including phenoxy) is 4. The second kappa shape index (κ2) is 13.9. The van der Waals surface area contributed by atoms with Crippen molar-refractivity contribution in [3.05, 3.63) is 0 Å². The van der Waals surface area contributed by atoms with Gasteiger partial charge in [0.2, 0.25) is 0 Å². The van der Waals surface area contributed by atoms with Crippen LogP contribution in [0.5, 0.6) is 0 Å². The fourth-order valence-corrected chi connectivity index (χ4v) is 6.96. The van der Waals surface area contributed by atoms with Crippen LogP contribution in [-0.2, 0) is 37.4 Å². The van der Waals surface area contributed by atoms with Crippen molar-refractivity contribution in [2.75, 3.05) is 14.2 Å². The van der Waals surface area contributed by atoms with E-state index in [9.17, 15) is 9.59 Å². The van der Waals surface area contributed by atoms with Crippen molar-refractivity contribution in [1.82, 2.24) is 0 Å². The molecule has 0 amide bonds. The summed E-state index contributed by atoms with van der Waals surface area (Å²) >= 11 is 0. The molecule has 39 heavy (non-hydrogen) atoms. The normalized spacial score (nSPS) is 21.9. The molecule has 1 heterocycles. The third-order valence-corrected chi connectivity index (χ3v) is 17.7. The molecule has 8 nitrogen and oxygen atoms in total. The molecular formula is C29H58O8Si2. The van der Waals surface area contributed by atoms with Gasteiger partial charge in [0.05, 0.1) is 38.6 Å². The van der Waals surface area contributed by atoms with E-state index >= 15 is 0 Å². The molecule has 0 radical (unpaired) electrons. The van der Waals surface area contributed by atoms with Crippen LogP contribution in [0.2, 0.25) is 36.3 Å². The zero-order valence-corrected chi connectivity index (χ0v) is 29.3. The topological polar surface area (TPSA) is 89.5 Å². The van der Waals surface area contributed by atoms with E-state index in [-0.39, 0.29) is 59.3 Å². The van der Waals surface area contributed by atoms with Gasteiger partial charge in [-0.3, -0.25) is 9.59 Å². The second-order valence-corrected chi connectivity index (χ2v) is 23.9. The van der Waals surface area contributed by atoms with Crippen molar-refractivity contribution in [1.29, 1.82) is 0 Å². The Bertz CT molecular complexity index is 798. The summed E-state index contributed by atoms with van der Waals surface area (Å²) in [5.41, 5.74) is 0. The van der Waals surface area contributed by atoms with Gasteiger partial charge in [-0.1, -0.05) is 41.5 Å². The molecule has 0 spiro atoms. The van der Waals surface area contributed by atoms with Crippen molar-refractivity contribution < 1.29 is 37.4 Å². The number of hydrogen-bond donors (Lipinski definition) is 0. The molecule has 4 atom stereocenters. The summed E-state index contributed by atoms with van der Waals surface area (Å²) < 4.78 is 36.3. The second-order valence-electron chi connectivity index (χ2n) is 14.4. The maximum atomic E-state index is 12.2. The first-order valence-corrected chi connectivity index (χ1v) is 20.2. The molecule has 0 aromatic rings. The molecule has 1 rings (SSSR count). The Morgan fingerprint density at radius 3 is 1.51 bits per heavy atom. The standard InChI is InChI=1S/C29H58O8Si2/c1-27(2,3)38(11,12)36-23(24(18-20-26(31)33-10)37-39(13,14)28(4,5)6)16-15-21-22(17-19-25(30)32-9)35-29(7,8)34-21/h21-24H,15-20H2,1-14H3/t21-,22-,23+,24+/m0/s1. The number of esters is 2. The summed E-state index contributed by atoms with van der Waals surface area (Å²) in [6.45, 7) is 26.1. The van der Waals surface area contributed by atoms with Crippen LogP contribution in [0.3, 0.4) is 0 Å². The smallest absolute Gasteiger partial charge is 0.305 e. The Labute approximate surface area is 240 Å². The number of carbonyl (C=O) groups excluding carboxylic acids is 2. The monoisotopic (exact) mass is 590 g/mol. The van der Waals surface area contributed by atoms with E-state index in [2.05, 4.69) is 67.7 Å². The summed E-state index contributed by atoms with van der Waals surface area (Å²) in [6.07, 6.45) is 2.07. The predicted octanol–water partition coefficient (Wildman–Crippen LogP) is 6.97. The fourth-order valence-electron chi connectivity index (χ4n) is 4.20. The zero-order chi connectivity index (χ0) is 30.4. The van der Waals surface area contributed by atoms with Crippen molar-refractivity contribution >= 4 is 28.6 Å². The molecule has 1 saturated heterocycles. The van der Waals surface area contributed by atoms with Gasteiger partial charge in [0, 0.05) is 12.8 Å². The van der Waals surface area contributed by atoms with Gasteiger partial charge in [-0.2, -0.15) is 0 Å². The molecule has 0 N–H and O–H groups in total. The Kier molecular flexibility index (Phi) is 12.9. The van der Waals surface area contributed by atoms with Gasteiger partial charge in [0.1, 0.15) is 0 Å². The Morgan fingerprint density at radius 2 is 1.10 bits per heavy atom. The van der Waals surface area contributed by atoms with E-state index in [1.54, 1.807) is 0 Å². The maximum Gasteiger partial charge on any atom is 0.305 e. The first-order valence-electron chi connectivity index (χ1n) is 14.4. The third-order valence-electron chi connectivity index (χ3n) is 8.66. The SMILES string of the molecule is COC(=O)CC[C@@H]1OC(C)(C)O[C@H]1CC[C@@H](O[Si](C)(C)C(C)(C)C)[C@@H](CCC(=O)OC)O[Si](C)(C)C(C)(C)C. The number of rotatable bonds is 14. The number of methoxy groups -OCH3 is 2. The zero-order valence-electron chi connectivity index (χ0n) is 27.3. The van der Waals surface area contributed by atoms with Crippen LogP contribution in [0.25, 0.3) is 0 Å². The average Bonchev–Trinajstić information content (AvgIpc) is 3.09. The first-order chi connectivity index (χ1) is 17.5. The lowest BCUT2D eigenvalue weighted by Crippen LogP contribution is -2.52. The van der Waals surface area contributed by atoms with Gasteiger partial charge in [-0.15, -0.1) is 0 Å². The van der Waals surface area contributed by atoms with E-state index in [1.807, 2.05) is 13.8 Å². The van der Waals surface area contributed by atoms with E-state index in [1.165, 1.54) is 14.2 Å². The quantitative estimate of drug-likeness (QED) is 0.158. The van der Waals surface area contributed by atoms with Gasteiger partial charge in [0.15, 0.2) is 22.4 Å². The lowest BCUT2D eigenvalue weighted by Gasteiger charge is -2.45. The van der Waals surface area contributed by atoms with Crippen molar-refractivity contribution in [3.8, 4) is 0 Å². The van der Waals surface area contributed by atoms with E-state index in [0.717, 1.165) is 0 Å².